The summed E-state index contributed by atoms with van der Waals surface area (Å²) in [5.41, 5.74) is 2.74. The summed E-state index contributed by atoms with van der Waals surface area (Å²) in [5.74, 6) is 0.974. The Morgan fingerprint density at radius 2 is 2.00 bits per heavy atom. The van der Waals surface area contributed by atoms with Crippen molar-refractivity contribution in [2.75, 3.05) is 5.32 Å². The Morgan fingerprint density at radius 3 is 2.88 bits per heavy atom. The highest BCUT2D eigenvalue weighted by atomic mass is 16.2. The highest BCUT2D eigenvalue weighted by molar-refractivity contribution is 5.94. The normalized spacial score (nSPS) is 16.1. The van der Waals surface area contributed by atoms with Crippen molar-refractivity contribution in [2.24, 2.45) is 0 Å². The third kappa shape index (κ3) is 3.35. The van der Waals surface area contributed by atoms with Crippen LogP contribution in [0.25, 0.3) is 11.1 Å². The van der Waals surface area contributed by atoms with Crippen molar-refractivity contribution >= 4 is 11.7 Å². The molecule has 1 aliphatic rings. The Labute approximate surface area is 145 Å². The van der Waals surface area contributed by atoms with Gasteiger partial charge in [0.25, 0.3) is 0 Å². The maximum Gasteiger partial charge on any atom is 0.319 e. The molecule has 7 heteroatoms. The summed E-state index contributed by atoms with van der Waals surface area (Å²) in [6, 6.07) is 11.4. The van der Waals surface area contributed by atoms with E-state index in [2.05, 4.69) is 25.7 Å². The second-order valence-corrected chi connectivity index (χ2v) is 5.97. The molecular weight excluding hydrogens is 316 g/mol. The molecule has 2 N–H and O–H groups in total. The minimum atomic E-state index is -0.213. The number of pyridine rings is 1. The lowest BCUT2D eigenvalue weighted by Crippen LogP contribution is -2.43. The van der Waals surface area contributed by atoms with Gasteiger partial charge < -0.3 is 10.6 Å². The van der Waals surface area contributed by atoms with Crippen molar-refractivity contribution in [1.82, 2.24) is 25.1 Å². The molecule has 0 radical (unpaired) electrons. The molecule has 1 atom stereocenters. The van der Waals surface area contributed by atoms with Gasteiger partial charge in [-0.2, -0.15) is 5.10 Å². The number of para-hydroxylation sites is 1. The Hall–Kier alpha value is -3.22. The maximum atomic E-state index is 12.4. The van der Waals surface area contributed by atoms with Crippen LogP contribution in [-0.4, -0.2) is 31.8 Å². The molecule has 1 aliphatic heterocycles. The number of aromatic nitrogens is 4. The predicted octanol–water partition coefficient (Wildman–Crippen LogP) is 2.48. The second-order valence-electron chi connectivity index (χ2n) is 5.97. The zero-order valence-electron chi connectivity index (χ0n) is 13.6. The molecule has 1 aromatic carbocycles. The van der Waals surface area contributed by atoms with Crippen LogP contribution in [0.4, 0.5) is 10.5 Å². The summed E-state index contributed by atoms with van der Waals surface area (Å²) in [4.78, 5) is 20.7. The quantitative estimate of drug-likeness (QED) is 0.770. The largest absolute Gasteiger partial charge is 0.333 e. The summed E-state index contributed by atoms with van der Waals surface area (Å²) in [5, 5.41) is 10.2. The first kappa shape index (κ1) is 15.3. The maximum absolute atomic E-state index is 12.4. The molecule has 4 rings (SSSR count). The molecule has 2 aromatic heterocycles. The average Bonchev–Trinajstić information content (AvgIpc) is 3.10. The van der Waals surface area contributed by atoms with Crippen molar-refractivity contribution in [3.05, 3.63) is 60.9 Å². The summed E-state index contributed by atoms with van der Waals surface area (Å²) in [7, 11) is 0. The molecule has 25 heavy (non-hydrogen) atoms. The number of fused-ring (bicyclic) bond motifs is 1. The van der Waals surface area contributed by atoms with Gasteiger partial charge in [-0.1, -0.05) is 18.2 Å². The monoisotopic (exact) mass is 334 g/mol. The summed E-state index contributed by atoms with van der Waals surface area (Å²) in [6.07, 6.45) is 6.72. The number of carbonyl (C=O) groups excluding carboxylic acids is 1. The van der Waals surface area contributed by atoms with E-state index in [-0.39, 0.29) is 12.1 Å². The topological polar surface area (TPSA) is 84.7 Å². The van der Waals surface area contributed by atoms with Gasteiger partial charge in [-0.05, 0) is 30.2 Å². The van der Waals surface area contributed by atoms with E-state index in [1.165, 1.54) is 0 Å². The van der Waals surface area contributed by atoms with E-state index in [0.29, 0.717) is 6.54 Å². The lowest BCUT2D eigenvalue weighted by Gasteiger charge is -2.24. The number of nitrogens with one attached hydrogen (secondary N) is 2. The zero-order chi connectivity index (χ0) is 17.1. The molecular formula is C18H18N6O. The fourth-order valence-electron chi connectivity index (χ4n) is 3.07. The molecule has 0 bridgehead atoms. The van der Waals surface area contributed by atoms with Crippen LogP contribution >= 0.6 is 0 Å². The first-order chi connectivity index (χ1) is 12.3. The summed E-state index contributed by atoms with van der Waals surface area (Å²) < 4.78 is 1.85. The molecule has 0 spiro atoms. The highest BCUT2D eigenvalue weighted by Gasteiger charge is 2.21. The molecule has 3 heterocycles. The zero-order valence-corrected chi connectivity index (χ0v) is 13.6. The standard InChI is InChI=1S/C18H18N6O/c25-18(22-14-5-6-17-20-12-21-24(17)11-14)23-16-4-2-1-3-15(16)13-7-9-19-10-8-13/h1-4,7-10,12,14H,5-6,11H2,(H2,22,23,25). The number of carbonyl (C=O) groups is 1. The molecule has 1 unspecified atom stereocenters. The van der Waals surface area contributed by atoms with E-state index in [1.807, 2.05) is 41.1 Å². The Morgan fingerprint density at radius 1 is 1.16 bits per heavy atom. The van der Waals surface area contributed by atoms with E-state index < -0.39 is 0 Å². The number of aryl methyl sites for hydroxylation is 1. The molecule has 0 aliphatic carbocycles. The van der Waals surface area contributed by atoms with Gasteiger partial charge in [-0.15, -0.1) is 0 Å². The number of hydrogen-bond donors (Lipinski definition) is 2. The van der Waals surface area contributed by atoms with Crippen LogP contribution in [0.3, 0.4) is 0 Å². The summed E-state index contributed by atoms with van der Waals surface area (Å²) in [6.45, 7) is 0.648. The number of anilines is 1. The first-order valence-corrected chi connectivity index (χ1v) is 8.23. The molecule has 2 amide bonds. The van der Waals surface area contributed by atoms with Crippen LogP contribution in [0.1, 0.15) is 12.2 Å². The predicted molar refractivity (Wildman–Crippen MR) is 94.0 cm³/mol. The van der Waals surface area contributed by atoms with Gasteiger partial charge in [-0.3, -0.25) is 4.98 Å². The van der Waals surface area contributed by atoms with Crippen molar-refractivity contribution in [3.63, 3.8) is 0 Å². The smallest absolute Gasteiger partial charge is 0.319 e. The van der Waals surface area contributed by atoms with Crippen molar-refractivity contribution in [1.29, 1.82) is 0 Å². The van der Waals surface area contributed by atoms with E-state index in [9.17, 15) is 4.79 Å². The fraction of sp³-hybridized carbons (Fsp3) is 0.222. The number of urea groups is 1. The van der Waals surface area contributed by atoms with Crippen molar-refractivity contribution < 1.29 is 4.79 Å². The summed E-state index contributed by atoms with van der Waals surface area (Å²) >= 11 is 0. The number of benzene rings is 1. The SMILES string of the molecule is O=C(Nc1ccccc1-c1ccncc1)NC1CCc2ncnn2C1. The molecule has 3 aromatic rings. The van der Waals surface area contributed by atoms with Gasteiger partial charge in [0.1, 0.15) is 12.2 Å². The number of rotatable bonds is 3. The van der Waals surface area contributed by atoms with Gasteiger partial charge in [0, 0.05) is 24.4 Å². The lowest BCUT2D eigenvalue weighted by molar-refractivity contribution is 0.243. The highest BCUT2D eigenvalue weighted by Crippen LogP contribution is 2.27. The first-order valence-electron chi connectivity index (χ1n) is 8.23. The molecule has 0 saturated carbocycles. The van der Waals surface area contributed by atoms with Crippen LogP contribution in [0.15, 0.2) is 55.1 Å². The fourth-order valence-corrected chi connectivity index (χ4v) is 3.07. The Kier molecular flexibility index (Phi) is 4.12. The van der Waals surface area contributed by atoms with Crippen LogP contribution in [-0.2, 0) is 13.0 Å². The minimum absolute atomic E-state index is 0.0438. The number of nitrogens with zero attached hydrogens (tertiary/aromatic N) is 4. The average molecular weight is 334 g/mol. The molecule has 7 nitrogen and oxygen atoms in total. The number of amides is 2. The van der Waals surface area contributed by atoms with Gasteiger partial charge in [0.2, 0.25) is 0 Å². The van der Waals surface area contributed by atoms with Gasteiger partial charge in [0.05, 0.1) is 18.3 Å². The lowest BCUT2D eigenvalue weighted by atomic mass is 10.1. The van der Waals surface area contributed by atoms with E-state index in [0.717, 1.165) is 35.5 Å². The van der Waals surface area contributed by atoms with E-state index >= 15 is 0 Å². The van der Waals surface area contributed by atoms with Crippen molar-refractivity contribution in [2.45, 2.75) is 25.4 Å². The van der Waals surface area contributed by atoms with Crippen LogP contribution in [0.5, 0.6) is 0 Å². The third-order valence-corrected chi connectivity index (χ3v) is 4.31. The number of hydrogen-bond acceptors (Lipinski definition) is 4. The van der Waals surface area contributed by atoms with Crippen LogP contribution in [0.2, 0.25) is 0 Å². The minimum Gasteiger partial charge on any atom is -0.333 e. The van der Waals surface area contributed by atoms with Crippen LogP contribution in [0, 0.1) is 0 Å². The van der Waals surface area contributed by atoms with Gasteiger partial charge in [0.15, 0.2) is 0 Å². The van der Waals surface area contributed by atoms with E-state index in [4.69, 9.17) is 0 Å². The Bertz CT molecular complexity index is 876. The van der Waals surface area contributed by atoms with Gasteiger partial charge >= 0.3 is 6.03 Å². The van der Waals surface area contributed by atoms with Crippen molar-refractivity contribution in [3.8, 4) is 11.1 Å². The van der Waals surface area contributed by atoms with Crippen LogP contribution < -0.4 is 10.6 Å². The molecule has 0 fully saturated rings. The third-order valence-electron chi connectivity index (χ3n) is 4.31. The van der Waals surface area contributed by atoms with Gasteiger partial charge in [-0.25, -0.2) is 14.5 Å². The molecule has 126 valence electrons. The molecule has 0 saturated heterocycles. The van der Waals surface area contributed by atoms with E-state index in [1.54, 1.807) is 18.7 Å². The second kappa shape index (κ2) is 6.72. The Balaban J connectivity index is 1.45.